The molecule has 0 saturated heterocycles. The molecule has 1 heterocycles. The van der Waals surface area contributed by atoms with Crippen LogP contribution >= 0.6 is 0 Å². The Kier molecular flexibility index (Phi) is 7.51. The molecule has 2 rings (SSSR count). The van der Waals surface area contributed by atoms with Crippen molar-refractivity contribution in [3.05, 3.63) is 30.1 Å². The topological polar surface area (TPSA) is 101 Å². The van der Waals surface area contributed by atoms with E-state index in [1.165, 1.54) is 18.4 Å². The van der Waals surface area contributed by atoms with Gasteiger partial charge in [-0.25, -0.2) is 9.59 Å². The van der Waals surface area contributed by atoms with Crippen LogP contribution in [0, 0.1) is 5.92 Å². The fourth-order valence-electron chi connectivity index (χ4n) is 3.58. The minimum absolute atomic E-state index is 0.0770. The maximum absolute atomic E-state index is 12.5. The SMILES string of the molecule is COC(=O)[C@](C)(c1ccccn1)N(C)CC(=O)NC(=O)N[C@H]1CCCC[C@H]1C. The normalized spacial score (nSPS) is 21.5. The summed E-state index contributed by atoms with van der Waals surface area (Å²) in [4.78, 5) is 42.8. The molecule has 1 fully saturated rings. The third kappa shape index (κ3) is 5.07. The van der Waals surface area contributed by atoms with E-state index < -0.39 is 23.4 Å². The molecular weight excluding hydrogens is 360 g/mol. The summed E-state index contributed by atoms with van der Waals surface area (Å²) in [6.07, 6.45) is 5.81. The number of methoxy groups -OCH3 is 1. The van der Waals surface area contributed by atoms with E-state index in [9.17, 15) is 14.4 Å². The molecular formula is C20H30N4O4. The summed E-state index contributed by atoms with van der Waals surface area (Å²) in [5.41, 5.74) is -0.806. The largest absolute Gasteiger partial charge is 0.467 e. The molecule has 0 bridgehead atoms. The van der Waals surface area contributed by atoms with Gasteiger partial charge in [0.15, 0.2) is 5.54 Å². The van der Waals surface area contributed by atoms with E-state index in [2.05, 4.69) is 22.5 Å². The molecule has 0 aliphatic heterocycles. The molecule has 3 amide bonds. The molecule has 2 N–H and O–H groups in total. The van der Waals surface area contributed by atoms with Crippen molar-refractivity contribution in [3.63, 3.8) is 0 Å². The number of nitrogens with zero attached hydrogens (tertiary/aromatic N) is 2. The summed E-state index contributed by atoms with van der Waals surface area (Å²) in [5.74, 6) is -0.652. The molecule has 3 atom stereocenters. The fraction of sp³-hybridized carbons (Fsp3) is 0.600. The monoisotopic (exact) mass is 390 g/mol. The van der Waals surface area contributed by atoms with Crippen LogP contribution in [0.5, 0.6) is 0 Å². The number of likely N-dealkylation sites (N-methyl/N-ethyl adjacent to an activating group) is 1. The van der Waals surface area contributed by atoms with E-state index >= 15 is 0 Å². The number of rotatable bonds is 6. The second-order valence-corrected chi connectivity index (χ2v) is 7.52. The zero-order chi connectivity index (χ0) is 20.7. The van der Waals surface area contributed by atoms with Gasteiger partial charge in [0.2, 0.25) is 5.91 Å². The Labute approximate surface area is 166 Å². The van der Waals surface area contributed by atoms with Gasteiger partial charge in [-0.05, 0) is 44.9 Å². The van der Waals surface area contributed by atoms with Crippen molar-refractivity contribution in [2.24, 2.45) is 5.92 Å². The van der Waals surface area contributed by atoms with Gasteiger partial charge in [0, 0.05) is 12.2 Å². The van der Waals surface area contributed by atoms with E-state index in [1.54, 1.807) is 38.4 Å². The average Bonchev–Trinajstić information content (AvgIpc) is 2.68. The maximum atomic E-state index is 12.5. The number of esters is 1. The lowest BCUT2D eigenvalue weighted by Crippen LogP contribution is -2.54. The number of nitrogens with one attached hydrogen (secondary N) is 2. The van der Waals surface area contributed by atoms with Crippen molar-refractivity contribution in [3.8, 4) is 0 Å². The van der Waals surface area contributed by atoms with Gasteiger partial charge < -0.3 is 10.1 Å². The number of carbonyl (C=O) groups is 3. The molecule has 1 aromatic rings. The number of aromatic nitrogens is 1. The van der Waals surface area contributed by atoms with Crippen LogP contribution in [0.25, 0.3) is 0 Å². The van der Waals surface area contributed by atoms with Crippen molar-refractivity contribution >= 4 is 17.9 Å². The molecule has 0 radical (unpaired) electrons. The van der Waals surface area contributed by atoms with Gasteiger partial charge in [-0.2, -0.15) is 0 Å². The summed E-state index contributed by atoms with van der Waals surface area (Å²) >= 11 is 0. The smallest absolute Gasteiger partial charge is 0.332 e. The van der Waals surface area contributed by atoms with Gasteiger partial charge in [0.1, 0.15) is 0 Å². The first kappa shape index (κ1) is 21.8. The van der Waals surface area contributed by atoms with Crippen LogP contribution in [-0.2, 0) is 19.9 Å². The molecule has 8 nitrogen and oxygen atoms in total. The number of hydrogen-bond donors (Lipinski definition) is 2. The number of pyridine rings is 1. The Hall–Kier alpha value is -2.48. The molecule has 28 heavy (non-hydrogen) atoms. The molecule has 8 heteroatoms. The third-order valence-electron chi connectivity index (χ3n) is 5.57. The Morgan fingerprint density at radius 2 is 2.00 bits per heavy atom. The van der Waals surface area contributed by atoms with Gasteiger partial charge in [0.25, 0.3) is 0 Å². The molecule has 0 aromatic carbocycles. The van der Waals surface area contributed by atoms with Crippen molar-refractivity contribution in [2.75, 3.05) is 20.7 Å². The van der Waals surface area contributed by atoms with Gasteiger partial charge in [-0.1, -0.05) is 25.8 Å². The van der Waals surface area contributed by atoms with Crippen LogP contribution in [-0.4, -0.2) is 54.5 Å². The fourth-order valence-corrected chi connectivity index (χ4v) is 3.58. The maximum Gasteiger partial charge on any atom is 0.332 e. The molecule has 0 spiro atoms. The standard InChI is InChI=1S/C20H30N4O4/c1-14-9-5-6-10-15(14)22-19(27)23-17(25)13-24(3)20(2,18(26)28-4)16-11-7-8-12-21-16/h7-8,11-12,14-15H,5-6,9-10,13H2,1-4H3,(H2,22,23,25,27)/t14-,15+,20+/m1/s1. The minimum Gasteiger partial charge on any atom is -0.467 e. The highest BCUT2D eigenvalue weighted by Crippen LogP contribution is 2.27. The Morgan fingerprint density at radius 1 is 1.29 bits per heavy atom. The Bertz CT molecular complexity index is 697. The van der Waals surface area contributed by atoms with E-state index in [4.69, 9.17) is 4.74 Å². The predicted octanol–water partition coefficient (Wildman–Crippen LogP) is 1.81. The molecule has 1 aliphatic carbocycles. The summed E-state index contributed by atoms with van der Waals surface area (Å²) in [6.45, 7) is 3.57. The second kappa shape index (κ2) is 9.64. The quantitative estimate of drug-likeness (QED) is 0.719. The lowest BCUT2D eigenvalue weighted by Gasteiger charge is -2.35. The molecule has 154 valence electrons. The van der Waals surface area contributed by atoms with Gasteiger partial charge >= 0.3 is 12.0 Å². The molecule has 1 aromatic heterocycles. The molecule has 1 aliphatic rings. The zero-order valence-corrected chi connectivity index (χ0v) is 17.0. The second-order valence-electron chi connectivity index (χ2n) is 7.52. The first-order chi connectivity index (χ1) is 13.3. The zero-order valence-electron chi connectivity index (χ0n) is 17.0. The lowest BCUT2D eigenvalue weighted by atomic mass is 9.86. The van der Waals surface area contributed by atoms with Crippen LogP contribution < -0.4 is 10.6 Å². The Balaban J connectivity index is 2.00. The summed E-state index contributed by atoms with van der Waals surface area (Å²) < 4.78 is 4.93. The number of carbonyl (C=O) groups excluding carboxylic acids is 3. The molecule has 0 unspecified atom stereocenters. The van der Waals surface area contributed by atoms with Gasteiger partial charge in [0.05, 0.1) is 19.3 Å². The summed E-state index contributed by atoms with van der Waals surface area (Å²) in [7, 11) is 2.91. The number of amides is 3. The van der Waals surface area contributed by atoms with Crippen molar-refractivity contribution in [1.82, 2.24) is 20.5 Å². The first-order valence-electron chi connectivity index (χ1n) is 9.60. The van der Waals surface area contributed by atoms with Gasteiger partial charge in [-0.3, -0.25) is 20.0 Å². The van der Waals surface area contributed by atoms with Crippen LogP contribution in [0.15, 0.2) is 24.4 Å². The minimum atomic E-state index is -1.26. The van der Waals surface area contributed by atoms with Gasteiger partial charge in [-0.15, -0.1) is 0 Å². The van der Waals surface area contributed by atoms with E-state index in [-0.39, 0.29) is 12.6 Å². The van der Waals surface area contributed by atoms with Crippen molar-refractivity contribution < 1.29 is 19.1 Å². The van der Waals surface area contributed by atoms with Crippen molar-refractivity contribution in [2.45, 2.75) is 51.1 Å². The third-order valence-corrected chi connectivity index (χ3v) is 5.57. The van der Waals surface area contributed by atoms with Crippen LogP contribution in [0.1, 0.15) is 45.2 Å². The molecule has 1 saturated carbocycles. The van der Waals surface area contributed by atoms with Crippen LogP contribution in [0.4, 0.5) is 4.79 Å². The highest BCUT2D eigenvalue weighted by molar-refractivity contribution is 5.95. The van der Waals surface area contributed by atoms with Crippen LogP contribution in [0.3, 0.4) is 0 Å². The summed E-state index contributed by atoms with van der Waals surface area (Å²) in [6, 6.07) is 4.77. The van der Waals surface area contributed by atoms with Crippen molar-refractivity contribution in [1.29, 1.82) is 0 Å². The number of urea groups is 1. The number of imide groups is 1. The Morgan fingerprint density at radius 3 is 2.61 bits per heavy atom. The highest BCUT2D eigenvalue weighted by atomic mass is 16.5. The highest BCUT2D eigenvalue weighted by Gasteiger charge is 2.42. The summed E-state index contributed by atoms with van der Waals surface area (Å²) in [5, 5.41) is 5.24. The first-order valence-corrected chi connectivity index (χ1v) is 9.60. The number of ether oxygens (including phenoxy) is 1. The van der Waals surface area contributed by atoms with E-state index in [1.807, 2.05) is 0 Å². The average molecular weight is 390 g/mol. The predicted molar refractivity (Wildman–Crippen MR) is 104 cm³/mol. The number of hydrogen-bond acceptors (Lipinski definition) is 6. The van der Waals surface area contributed by atoms with Crippen LogP contribution in [0.2, 0.25) is 0 Å². The lowest BCUT2D eigenvalue weighted by molar-refractivity contribution is -0.155. The van der Waals surface area contributed by atoms with E-state index in [0.29, 0.717) is 11.6 Å². The van der Waals surface area contributed by atoms with E-state index in [0.717, 1.165) is 19.3 Å².